The van der Waals surface area contributed by atoms with Crippen LogP contribution >= 0.6 is 0 Å². The normalized spacial score (nSPS) is 13.8. The summed E-state index contributed by atoms with van der Waals surface area (Å²) in [4.78, 5) is 0. The fraction of sp³-hybridized carbons (Fsp3) is 0.576. The molecule has 0 spiro atoms. The van der Waals surface area contributed by atoms with Crippen LogP contribution in [0.1, 0.15) is 80.1 Å². The summed E-state index contributed by atoms with van der Waals surface area (Å²) in [6.45, 7) is 22.9. The monoisotopic (exact) mass is 628 g/mol. The van der Waals surface area contributed by atoms with Gasteiger partial charge in [-0.1, -0.05) is 0 Å². The van der Waals surface area contributed by atoms with E-state index >= 15 is 0 Å². The molecule has 0 saturated heterocycles. The number of unbranched alkanes of at least 4 members (excludes halogenated alkanes) is 3. The summed E-state index contributed by atoms with van der Waals surface area (Å²) >= 11 is -2.63. The van der Waals surface area contributed by atoms with Crippen LogP contribution in [-0.2, 0) is 0 Å². The molecule has 2 aromatic carbocycles. The fourth-order valence-electron chi connectivity index (χ4n) is 6.52. The Bertz CT molecular complexity index is 858. The van der Waals surface area contributed by atoms with E-state index in [9.17, 15) is 0 Å². The quantitative estimate of drug-likeness (QED) is 0.183. The van der Waals surface area contributed by atoms with Gasteiger partial charge in [0.15, 0.2) is 0 Å². The number of rotatable bonds is 14. The molecule has 200 valence electrons. The van der Waals surface area contributed by atoms with Crippen LogP contribution in [0.25, 0.3) is 0 Å². The van der Waals surface area contributed by atoms with Crippen molar-refractivity contribution in [3.05, 3.63) is 69.6 Å². The Balaban J connectivity index is 3.03. The summed E-state index contributed by atoms with van der Waals surface area (Å²) in [6.07, 6.45) is 8.34. The Hall–Kier alpha value is -0.588. The second kappa shape index (κ2) is 14.0. The van der Waals surface area contributed by atoms with Crippen molar-refractivity contribution in [3.63, 3.8) is 0 Å². The molecule has 0 saturated carbocycles. The first-order chi connectivity index (χ1) is 17.0. The first-order valence-corrected chi connectivity index (χ1v) is 27.9. The van der Waals surface area contributed by atoms with Crippen LogP contribution < -0.4 is 10.4 Å². The number of hydrogen-bond donors (Lipinski definition) is 0. The van der Waals surface area contributed by atoms with Crippen LogP contribution in [0.2, 0.25) is 38.0 Å². The molecule has 0 nitrogen and oxygen atoms in total. The Morgan fingerprint density at radius 2 is 1.03 bits per heavy atom. The molecular formula is C33H56Si2Sn. The van der Waals surface area contributed by atoms with Crippen LogP contribution in [0.5, 0.6) is 0 Å². The average molecular weight is 628 g/mol. The average Bonchev–Trinajstić information content (AvgIpc) is 2.84. The first kappa shape index (κ1) is 31.6. The SMILES string of the molecule is CCC[CH2][Sn]([CH2]CCC)([CH2]CCC)[C](=C[Si](c1ccccc1)(c1ccccc1)C(C)(C)C)[Si](C)(C)C. The molecule has 0 aliphatic carbocycles. The zero-order valence-electron chi connectivity index (χ0n) is 25.2. The van der Waals surface area contributed by atoms with Crippen LogP contribution in [0.4, 0.5) is 0 Å². The van der Waals surface area contributed by atoms with E-state index in [4.69, 9.17) is 0 Å². The molecule has 0 amide bonds. The van der Waals surface area contributed by atoms with Crippen molar-refractivity contribution < 1.29 is 0 Å². The third-order valence-corrected chi connectivity index (χ3v) is 41.7. The maximum absolute atomic E-state index is 3.08. The van der Waals surface area contributed by atoms with Gasteiger partial charge in [0.1, 0.15) is 0 Å². The van der Waals surface area contributed by atoms with E-state index in [1.165, 1.54) is 38.5 Å². The number of hydrogen-bond acceptors (Lipinski definition) is 0. The van der Waals surface area contributed by atoms with Gasteiger partial charge in [-0.2, -0.15) is 0 Å². The van der Waals surface area contributed by atoms with Crippen LogP contribution in [-0.4, -0.2) is 34.5 Å². The van der Waals surface area contributed by atoms with E-state index in [1.54, 1.807) is 23.7 Å². The molecule has 0 aliphatic heterocycles. The van der Waals surface area contributed by atoms with Crippen molar-refractivity contribution in [1.29, 1.82) is 0 Å². The Kier molecular flexibility index (Phi) is 12.3. The van der Waals surface area contributed by atoms with E-state index < -0.39 is 34.5 Å². The second-order valence-corrected chi connectivity index (χ2v) is 37.3. The molecule has 0 radical (unpaired) electrons. The molecule has 0 atom stereocenters. The van der Waals surface area contributed by atoms with Crippen molar-refractivity contribution in [2.75, 3.05) is 0 Å². The van der Waals surface area contributed by atoms with Crippen molar-refractivity contribution in [1.82, 2.24) is 0 Å². The third-order valence-electron chi connectivity index (χ3n) is 8.41. The van der Waals surface area contributed by atoms with E-state index in [-0.39, 0.29) is 5.04 Å². The van der Waals surface area contributed by atoms with Gasteiger partial charge in [-0.25, -0.2) is 0 Å². The Morgan fingerprint density at radius 3 is 1.31 bits per heavy atom. The summed E-state index contributed by atoms with van der Waals surface area (Å²) in [5.74, 6) is 0. The van der Waals surface area contributed by atoms with Gasteiger partial charge in [0, 0.05) is 0 Å². The van der Waals surface area contributed by atoms with Gasteiger partial charge in [-0.3, -0.25) is 0 Å². The Morgan fingerprint density at radius 1 is 0.667 bits per heavy atom. The molecule has 0 N–H and O–H groups in total. The predicted octanol–water partition coefficient (Wildman–Crippen LogP) is 9.78. The van der Waals surface area contributed by atoms with Gasteiger partial charge in [-0.15, -0.1) is 0 Å². The van der Waals surface area contributed by atoms with Gasteiger partial charge < -0.3 is 0 Å². The van der Waals surface area contributed by atoms with E-state index in [2.05, 4.69) is 131 Å². The molecule has 0 fully saturated rings. The molecule has 0 aliphatic rings. The number of benzene rings is 2. The van der Waals surface area contributed by atoms with Gasteiger partial charge in [0.2, 0.25) is 0 Å². The first-order valence-electron chi connectivity index (χ1n) is 14.8. The van der Waals surface area contributed by atoms with Crippen molar-refractivity contribution in [2.24, 2.45) is 0 Å². The summed E-state index contributed by atoms with van der Waals surface area (Å²) in [6, 6.07) is 23.4. The van der Waals surface area contributed by atoms with Gasteiger partial charge >= 0.3 is 233 Å². The van der Waals surface area contributed by atoms with Crippen molar-refractivity contribution in [2.45, 2.75) is 118 Å². The van der Waals surface area contributed by atoms with Gasteiger partial charge in [0.25, 0.3) is 0 Å². The van der Waals surface area contributed by atoms with Crippen molar-refractivity contribution >= 4 is 44.9 Å². The molecular weight excluding hydrogens is 571 g/mol. The van der Waals surface area contributed by atoms with E-state index in [0.29, 0.717) is 0 Å². The second-order valence-electron chi connectivity index (χ2n) is 13.2. The van der Waals surface area contributed by atoms with Crippen molar-refractivity contribution in [3.8, 4) is 0 Å². The third kappa shape index (κ3) is 7.50. The zero-order valence-corrected chi connectivity index (χ0v) is 30.1. The van der Waals surface area contributed by atoms with E-state index in [1.807, 2.05) is 0 Å². The molecule has 2 rings (SSSR count). The Labute approximate surface area is 231 Å². The topological polar surface area (TPSA) is 0 Å². The zero-order chi connectivity index (χ0) is 26.9. The predicted molar refractivity (Wildman–Crippen MR) is 174 cm³/mol. The molecule has 0 aromatic heterocycles. The summed E-state index contributed by atoms with van der Waals surface area (Å²) < 4.78 is 6.81. The molecule has 0 heterocycles. The molecule has 36 heavy (non-hydrogen) atoms. The van der Waals surface area contributed by atoms with Gasteiger partial charge in [0.05, 0.1) is 0 Å². The van der Waals surface area contributed by atoms with Crippen LogP contribution in [0.15, 0.2) is 69.6 Å². The minimum absolute atomic E-state index is 0.193. The van der Waals surface area contributed by atoms with E-state index in [0.717, 1.165) is 0 Å². The maximum atomic E-state index is 3.08. The summed E-state index contributed by atoms with van der Waals surface area (Å²) in [5, 5.41) is 3.39. The van der Waals surface area contributed by atoms with Crippen LogP contribution in [0.3, 0.4) is 0 Å². The van der Waals surface area contributed by atoms with Crippen LogP contribution in [0, 0.1) is 0 Å². The summed E-state index contributed by atoms with van der Waals surface area (Å²) in [7, 11) is -3.76. The minimum atomic E-state index is -2.63. The molecule has 0 bridgehead atoms. The fourth-order valence-corrected chi connectivity index (χ4v) is 49.4. The molecule has 2 aromatic rings. The molecule has 0 unspecified atom stereocenters. The summed E-state index contributed by atoms with van der Waals surface area (Å²) in [5.41, 5.74) is 3.08. The van der Waals surface area contributed by atoms with Gasteiger partial charge in [-0.05, 0) is 0 Å². The molecule has 3 heteroatoms. The standard InChI is InChI=1S/C21H29Si2.3C4H9.Sn/c1-21(2,3)23(18-17-22(4,5)6,19-13-9-7-10-14-19)20-15-11-8-12-16-20;3*1-3-4-2;/h7-16,18H,1-6H3;3*1,3-4H2,2H3;.